The summed E-state index contributed by atoms with van der Waals surface area (Å²) in [5.41, 5.74) is 1.81. The number of rotatable bonds is 7. The molecule has 0 unspecified atom stereocenters. The topological polar surface area (TPSA) is 107 Å². The van der Waals surface area contributed by atoms with Gasteiger partial charge in [-0.15, -0.1) is 0 Å². The second kappa shape index (κ2) is 9.92. The zero-order chi connectivity index (χ0) is 21.3. The van der Waals surface area contributed by atoms with E-state index in [1.807, 2.05) is 6.07 Å². The Morgan fingerprint density at radius 1 is 0.967 bits per heavy atom. The minimum absolute atomic E-state index is 0.212. The summed E-state index contributed by atoms with van der Waals surface area (Å²) < 4.78 is 14.7. The third kappa shape index (κ3) is 5.71. The maximum atomic E-state index is 12.3. The number of benzene rings is 2. The van der Waals surface area contributed by atoms with Crippen molar-refractivity contribution < 1.29 is 28.3 Å². The van der Waals surface area contributed by atoms with Crippen LogP contribution in [0.2, 0.25) is 0 Å². The second-order valence-corrected chi connectivity index (χ2v) is 6.12. The van der Waals surface area contributed by atoms with Crippen molar-refractivity contribution in [1.82, 2.24) is 5.32 Å². The molecule has 0 fully saturated rings. The molecular formula is C22H20N2O6. The Bertz CT molecular complexity index is 1010. The van der Waals surface area contributed by atoms with E-state index in [2.05, 4.69) is 10.6 Å². The minimum Gasteiger partial charge on any atom is -0.459 e. The van der Waals surface area contributed by atoms with E-state index < -0.39 is 6.16 Å². The fourth-order valence-corrected chi connectivity index (χ4v) is 2.56. The minimum atomic E-state index is -0.797. The molecule has 3 rings (SSSR count). The first-order valence-electron chi connectivity index (χ1n) is 9.22. The number of carbonyl (C=O) groups excluding carboxylic acids is 3. The summed E-state index contributed by atoms with van der Waals surface area (Å²) in [5, 5.41) is 5.54. The Balaban J connectivity index is 1.54. The molecule has 0 atom stereocenters. The molecule has 30 heavy (non-hydrogen) atoms. The van der Waals surface area contributed by atoms with Crippen molar-refractivity contribution in [3.8, 4) is 5.75 Å². The van der Waals surface area contributed by atoms with Gasteiger partial charge in [0.25, 0.3) is 11.8 Å². The van der Waals surface area contributed by atoms with Gasteiger partial charge in [0.2, 0.25) is 0 Å². The van der Waals surface area contributed by atoms with Crippen LogP contribution in [0, 0.1) is 0 Å². The van der Waals surface area contributed by atoms with E-state index in [1.165, 1.54) is 18.4 Å². The summed E-state index contributed by atoms with van der Waals surface area (Å²) >= 11 is 0. The molecule has 0 bridgehead atoms. The molecule has 2 aromatic carbocycles. The summed E-state index contributed by atoms with van der Waals surface area (Å²) in [6.45, 7) is 2.16. The lowest BCUT2D eigenvalue weighted by atomic mass is 10.1. The molecule has 0 aliphatic rings. The third-order valence-corrected chi connectivity index (χ3v) is 3.96. The number of ether oxygens (including phenoxy) is 2. The Morgan fingerprint density at radius 3 is 2.47 bits per heavy atom. The van der Waals surface area contributed by atoms with Gasteiger partial charge in [-0.05, 0) is 61.0 Å². The number of nitrogens with one attached hydrogen (secondary N) is 2. The lowest BCUT2D eigenvalue weighted by Gasteiger charge is -2.09. The van der Waals surface area contributed by atoms with Crippen molar-refractivity contribution >= 4 is 23.7 Å². The molecule has 0 saturated carbocycles. The summed E-state index contributed by atoms with van der Waals surface area (Å²) in [7, 11) is 0. The van der Waals surface area contributed by atoms with Gasteiger partial charge >= 0.3 is 6.16 Å². The molecule has 8 heteroatoms. The molecule has 0 aliphatic heterocycles. The van der Waals surface area contributed by atoms with Gasteiger partial charge in [-0.2, -0.15) is 0 Å². The largest absolute Gasteiger partial charge is 0.513 e. The van der Waals surface area contributed by atoms with Gasteiger partial charge in [0.1, 0.15) is 5.75 Å². The number of hydrogen-bond donors (Lipinski definition) is 2. The quantitative estimate of drug-likeness (QED) is 0.452. The first-order valence-corrected chi connectivity index (χ1v) is 9.22. The van der Waals surface area contributed by atoms with Crippen LogP contribution >= 0.6 is 0 Å². The number of anilines is 1. The summed E-state index contributed by atoms with van der Waals surface area (Å²) in [5.74, 6) is -0.150. The molecule has 2 N–H and O–H groups in total. The first-order chi connectivity index (χ1) is 14.5. The highest BCUT2D eigenvalue weighted by Gasteiger charge is 2.10. The number of amides is 2. The van der Waals surface area contributed by atoms with Crippen molar-refractivity contribution in [3.63, 3.8) is 0 Å². The molecular weight excluding hydrogens is 388 g/mol. The molecule has 8 nitrogen and oxygen atoms in total. The molecule has 0 aliphatic carbocycles. The third-order valence-electron chi connectivity index (χ3n) is 3.96. The Hall–Kier alpha value is -4.07. The molecule has 0 radical (unpaired) electrons. The zero-order valence-electron chi connectivity index (χ0n) is 16.2. The van der Waals surface area contributed by atoms with Crippen LogP contribution < -0.4 is 15.4 Å². The lowest BCUT2D eigenvalue weighted by Crippen LogP contribution is -2.22. The van der Waals surface area contributed by atoms with Crippen LogP contribution in [0.1, 0.15) is 33.4 Å². The molecule has 1 heterocycles. The average Bonchev–Trinajstić information content (AvgIpc) is 3.28. The standard InChI is InChI=1S/C22H20N2O6/c1-2-28-22(27)30-18-10-8-16(9-11-18)20(25)23-14-15-5-3-6-17(13-15)24-21(26)19-7-4-12-29-19/h3-13H,2,14H2,1H3,(H,23,25)(H,24,26). The Kier molecular flexibility index (Phi) is 6.83. The average molecular weight is 408 g/mol. The van der Waals surface area contributed by atoms with Gasteiger partial charge in [-0.3, -0.25) is 9.59 Å². The van der Waals surface area contributed by atoms with Gasteiger partial charge in [0.05, 0.1) is 12.9 Å². The van der Waals surface area contributed by atoms with E-state index in [0.29, 0.717) is 11.3 Å². The van der Waals surface area contributed by atoms with Crippen LogP contribution in [0.4, 0.5) is 10.5 Å². The van der Waals surface area contributed by atoms with E-state index >= 15 is 0 Å². The van der Waals surface area contributed by atoms with E-state index in [4.69, 9.17) is 13.9 Å². The lowest BCUT2D eigenvalue weighted by molar-refractivity contribution is 0.0949. The normalized spacial score (nSPS) is 10.2. The molecule has 0 spiro atoms. The molecule has 2 amide bonds. The highest BCUT2D eigenvalue weighted by atomic mass is 16.7. The van der Waals surface area contributed by atoms with Crippen LogP contribution in [0.25, 0.3) is 0 Å². The van der Waals surface area contributed by atoms with Crippen LogP contribution in [0.15, 0.2) is 71.3 Å². The van der Waals surface area contributed by atoms with E-state index in [9.17, 15) is 14.4 Å². The maximum absolute atomic E-state index is 12.3. The van der Waals surface area contributed by atoms with Crippen LogP contribution in [-0.4, -0.2) is 24.6 Å². The second-order valence-electron chi connectivity index (χ2n) is 6.12. The van der Waals surface area contributed by atoms with Gasteiger partial charge in [0, 0.05) is 17.8 Å². The summed E-state index contributed by atoms with van der Waals surface area (Å²) in [6.07, 6.45) is 0.629. The summed E-state index contributed by atoms with van der Waals surface area (Å²) in [6, 6.07) is 16.4. The van der Waals surface area contributed by atoms with Gasteiger partial charge in [0.15, 0.2) is 5.76 Å². The van der Waals surface area contributed by atoms with Crippen molar-refractivity contribution in [2.24, 2.45) is 0 Å². The highest BCUT2D eigenvalue weighted by molar-refractivity contribution is 6.02. The Labute approximate surface area is 172 Å². The van der Waals surface area contributed by atoms with Crippen molar-refractivity contribution in [1.29, 1.82) is 0 Å². The highest BCUT2D eigenvalue weighted by Crippen LogP contribution is 2.15. The van der Waals surface area contributed by atoms with Gasteiger partial charge in [-0.25, -0.2) is 4.79 Å². The molecule has 154 valence electrons. The number of carbonyl (C=O) groups is 3. The predicted octanol–water partition coefficient (Wildman–Crippen LogP) is 4.00. The SMILES string of the molecule is CCOC(=O)Oc1ccc(C(=O)NCc2cccc(NC(=O)c3ccco3)c2)cc1. The van der Waals surface area contributed by atoms with Crippen LogP contribution in [-0.2, 0) is 11.3 Å². The molecule has 3 aromatic rings. The monoisotopic (exact) mass is 408 g/mol. The van der Waals surface area contributed by atoms with Crippen molar-refractivity contribution in [3.05, 3.63) is 83.8 Å². The fourth-order valence-electron chi connectivity index (χ4n) is 2.56. The first kappa shape index (κ1) is 20.7. The van der Waals surface area contributed by atoms with Crippen LogP contribution in [0.5, 0.6) is 5.75 Å². The fraction of sp³-hybridized carbons (Fsp3) is 0.136. The molecule has 0 saturated heterocycles. The predicted molar refractivity (Wildman–Crippen MR) is 108 cm³/mol. The van der Waals surface area contributed by atoms with Gasteiger partial charge in [-0.1, -0.05) is 12.1 Å². The molecule has 1 aromatic heterocycles. The van der Waals surface area contributed by atoms with E-state index in [0.717, 1.165) is 5.56 Å². The van der Waals surface area contributed by atoms with Gasteiger partial charge < -0.3 is 24.5 Å². The zero-order valence-corrected chi connectivity index (χ0v) is 16.2. The number of furan rings is 1. The van der Waals surface area contributed by atoms with E-state index in [-0.39, 0.29) is 36.5 Å². The van der Waals surface area contributed by atoms with Crippen LogP contribution in [0.3, 0.4) is 0 Å². The Morgan fingerprint density at radius 2 is 1.77 bits per heavy atom. The smallest absolute Gasteiger partial charge is 0.459 e. The number of hydrogen-bond acceptors (Lipinski definition) is 6. The van der Waals surface area contributed by atoms with Crippen molar-refractivity contribution in [2.75, 3.05) is 11.9 Å². The van der Waals surface area contributed by atoms with Crippen molar-refractivity contribution in [2.45, 2.75) is 13.5 Å². The van der Waals surface area contributed by atoms with E-state index in [1.54, 1.807) is 49.4 Å². The maximum Gasteiger partial charge on any atom is 0.513 e. The summed E-state index contributed by atoms with van der Waals surface area (Å²) in [4.78, 5) is 35.7.